The molecular formula is C13H7Br2FN2S. The smallest absolute Gasteiger partial charge is 0.188 e. The second kappa shape index (κ2) is 5.19. The molecule has 1 heterocycles. The van der Waals surface area contributed by atoms with Crippen molar-refractivity contribution in [3.05, 3.63) is 51.2 Å². The highest BCUT2D eigenvalue weighted by molar-refractivity contribution is 9.10. The summed E-state index contributed by atoms with van der Waals surface area (Å²) in [7, 11) is 0. The molecule has 1 aromatic heterocycles. The lowest BCUT2D eigenvalue weighted by Crippen LogP contribution is -1.89. The molecule has 96 valence electrons. The van der Waals surface area contributed by atoms with Gasteiger partial charge in [0.05, 0.1) is 14.7 Å². The number of thiazole rings is 1. The van der Waals surface area contributed by atoms with Crippen molar-refractivity contribution >= 4 is 64.2 Å². The highest BCUT2D eigenvalue weighted by Crippen LogP contribution is 2.31. The number of nitrogens with one attached hydrogen (secondary N) is 1. The molecule has 6 heteroatoms. The van der Waals surface area contributed by atoms with Gasteiger partial charge < -0.3 is 5.32 Å². The van der Waals surface area contributed by atoms with Crippen LogP contribution in [0.15, 0.2) is 45.3 Å². The van der Waals surface area contributed by atoms with Gasteiger partial charge in [-0.3, -0.25) is 0 Å². The first-order chi connectivity index (χ1) is 9.11. The molecule has 3 rings (SSSR count). The Hall–Kier alpha value is -0.980. The minimum absolute atomic E-state index is 0.279. The Labute approximate surface area is 129 Å². The molecule has 0 unspecified atom stereocenters. The zero-order chi connectivity index (χ0) is 13.4. The molecule has 0 spiro atoms. The van der Waals surface area contributed by atoms with Gasteiger partial charge in [-0.2, -0.15) is 0 Å². The van der Waals surface area contributed by atoms with E-state index in [0.29, 0.717) is 4.47 Å². The van der Waals surface area contributed by atoms with E-state index in [2.05, 4.69) is 42.2 Å². The molecule has 1 N–H and O–H groups in total. The summed E-state index contributed by atoms with van der Waals surface area (Å²) in [4.78, 5) is 4.48. The van der Waals surface area contributed by atoms with Gasteiger partial charge >= 0.3 is 0 Å². The van der Waals surface area contributed by atoms with Crippen LogP contribution in [0.2, 0.25) is 0 Å². The van der Waals surface area contributed by atoms with E-state index in [4.69, 9.17) is 0 Å². The Bertz CT molecular complexity index is 757. The molecule has 0 bridgehead atoms. The molecule has 0 aliphatic rings. The number of nitrogens with zero attached hydrogens (tertiary/aromatic N) is 1. The molecule has 0 saturated heterocycles. The molecule has 2 nitrogen and oxygen atoms in total. The summed E-state index contributed by atoms with van der Waals surface area (Å²) in [5.41, 5.74) is 1.74. The van der Waals surface area contributed by atoms with Gasteiger partial charge in [0.1, 0.15) is 5.82 Å². The van der Waals surface area contributed by atoms with Gasteiger partial charge in [-0.25, -0.2) is 9.37 Å². The van der Waals surface area contributed by atoms with Crippen molar-refractivity contribution in [2.75, 3.05) is 5.32 Å². The van der Waals surface area contributed by atoms with Crippen LogP contribution in [-0.2, 0) is 0 Å². The van der Waals surface area contributed by atoms with Gasteiger partial charge in [0.25, 0.3) is 0 Å². The number of hydrogen-bond acceptors (Lipinski definition) is 3. The number of anilines is 2. The highest BCUT2D eigenvalue weighted by Gasteiger charge is 2.06. The number of halogens is 3. The first-order valence-electron chi connectivity index (χ1n) is 5.40. The first kappa shape index (κ1) is 13.0. The predicted molar refractivity (Wildman–Crippen MR) is 84.7 cm³/mol. The largest absolute Gasteiger partial charge is 0.331 e. The molecule has 19 heavy (non-hydrogen) atoms. The maximum absolute atomic E-state index is 13.2. The van der Waals surface area contributed by atoms with Crippen LogP contribution in [0.3, 0.4) is 0 Å². The Morgan fingerprint density at radius 1 is 1.11 bits per heavy atom. The molecule has 3 aromatic rings. The van der Waals surface area contributed by atoms with Gasteiger partial charge in [0.2, 0.25) is 0 Å². The zero-order valence-corrected chi connectivity index (χ0v) is 13.4. The van der Waals surface area contributed by atoms with E-state index in [1.165, 1.54) is 6.07 Å². The van der Waals surface area contributed by atoms with Crippen LogP contribution in [0.4, 0.5) is 15.2 Å². The van der Waals surface area contributed by atoms with Crippen LogP contribution >= 0.6 is 43.2 Å². The van der Waals surface area contributed by atoms with Crippen LogP contribution in [0.5, 0.6) is 0 Å². The average Bonchev–Trinajstić information content (AvgIpc) is 2.75. The third kappa shape index (κ3) is 2.80. The van der Waals surface area contributed by atoms with E-state index in [0.717, 1.165) is 25.5 Å². The Kier molecular flexibility index (Phi) is 3.56. The van der Waals surface area contributed by atoms with Crippen molar-refractivity contribution in [3.63, 3.8) is 0 Å². The highest BCUT2D eigenvalue weighted by atomic mass is 79.9. The number of rotatable bonds is 2. The average molecular weight is 402 g/mol. The van der Waals surface area contributed by atoms with E-state index in [9.17, 15) is 4.39 Å². The van der Waals surface area contributed by atoms with Crippen molar-refractivity contribution in [2.45, 2.75) is 0 Å². The Morgan fingerprint density at radius 2 is 1.95 bits per heavy atom. The minimum atomic E-state index is -0.279. The lowest BCUT2D eigenvalue weighted by atomic mass is 10.3. The number of fused-ring (bicyclic) bond motifs is 1. The molecule has 0 saturated carbocycles. The molecule has 0 radical (unpaired) electrons. The van der Waals surface area contributed by atoms with Gasteiger partial charge in [-0.05, 0) is 52.3 Å². The summed E-state index contributed by atoms with van der Waals surface area (Å²) in [6.07, 6.45) is 0. The summed E-state index contributed by atoms with van der Waals surface area (Å²) in [5, 5.41) is 3.96. The van der Waals surface area contributed by atoms with Crippen LogP contribution in [0.1, 0.15) is 0 Å². The Morgan fingerprint density at radius 3 is 2.74 bits per heavy atom. The molecule has 0 atom stereocenters. The fourth-order valence-corrected chi connectivity index (χ4v) is 3.47. The normalized spacial score (nSPS) is 10.9. The molecule has 0 aliphatic heterocycles. The van der Waals surface area contributed by atoms with Crippen molar-refractivity contribution in [3.8, 4) is 0 Å². The summed E-state index contributed by atoms with van der Waals surface area (Å²) >= 11 is 8.16. The summed E-state index contributed by atoms with van der Waals surface area (Å²) in [6, 6.07) is 10.7. The van der Waals surface area contributed by atoms with Crippen LogP contribution in [0.25, 0.3) is 10.2 Å². The summed E-state index contributed by atoms with van der Waals surface area (Å²) in [5.74, 6) is -0.279. The van der Waals surface area contributed by atoms with Crippen LogP contribution in [-0.4, -0.2) is 4.98 Å². The lowest BCUT2D eigenvalue weighted by Gasteiger charge is -2.03. The van der Waals surface area contributed by atoms with Gasteiger partial charge in [0, 0.05) is 10.2 Å². The monoisotopic (exact) mass is 400 g/mol. The summed E-state index contributed by atoms with van der Waals surface area (Å²) < 4.78 is 15.7. The van der Waals surface area contributed by atoms with Crippen molar-refractivity contribution < 1.29 is 4.39 Å². The molecular weight excluding hydrogens is 395 g/mol. The van der Waals surface area contributed by atoms with Gasteiger partial charge in [-0.15, -0.1) is 0 Å². The zero-order valence-electron chi connectivity index (χ0n) is 9.45. The molecule has 0 fully saturated rings. The molecule has 2 aromatic carbocycles. The number of benzene rings is 2. The van der Waals surface area contributed by atoms with Crippen molar-refractivity contribution in [2.24, 2.45) is 0 Å². The molecule has 0 aliphatic carbocycles. The SMILES string of the molecule is Fc1ccc(Nc2nc3ccc(Br)cc3s2)cc1Br. The second-order valence-electron chi connectivity index (χ2n) is 3.88. The standard InChI is InChI=1S/C13H7Br2FN2S/c14-7-1-4-11-12(5-7)19-13(18-11)17-8-2-3-10(16)9(15)6-8/h1-6H,(H,17,18). The fourth-order valence-electron chi connectivity index (χ4n) is 1.65. The maximum atomic E-state index is 13.2. The van der Waals surface area contributed by atoms with E-state index in [1.54, 1.807) is 23.5 Å². The first-order valence-corrected chi connectivity index (χ1v) is 7.80. The minimum Gasteiger partial charge on any atom is -0.331 e. The van der Waals surface area contributed by atoms with E-state index in [-0.39, 0.29) is 5.82 Å². The number of hydrogen-bond donors (Lipinski definition) is 1. The topological polar surface area (TPSA) is 24.9 Å². The van der Waals surface area contributed by atoms with Crippen molar-refractivity contribution in [1.29, 1.82) is 0 Å². The Balaban J connectivity index is 1.94. The van der Waals surface area contributed by atoms with Crippen LogP contribution < -0.4 is 5.32 Å². The van der Waals surface area contributed by atoms with Gasteiger partial charge in [0.15, 0.2) is 5.13 Å². The van der Waals surface area contributed by atoms with E-state index >= 15 is 0 Å². The predicted octanol–water partition coefficient (Wildman–Crippen LogP) is 5.70. The second-order valence-corrected chi connectivity index (χ2v) is 6.69. The third-order valence-corrected chi connectivity index (χ3v) is 4.56. The van der Waals surface area contributed by atoms with E-state index in [1.807, 2.05) is 18.2 Å². The van der Waals surface area contributed by atoms with Crippen LogP contribution in [0, 0.1) is 5.82 Å². The quantitative estimate of drug-likeness (QED) is 0.595. The fraction of sp³-hybridized carbons (Fsp3) is 0. The lowest BCUT2D eigenvalue weighted by molar-refractivity contribution is 0.621. The number of aromatic nitrogens is 1. The van der Waals surface area contributed by atoms with Gasteiger partial charge in [-0.1, -0.05) is 27.3 Å². The molecule has 0 amide bonds. The van der Waals surface area contributed by atoms with E-state index < -0.39 is 0 Å². The summed E-state index contributed by atoms with van der Waals surface area (Å²) in [6.45, 7) is 0. The maximum Gasteiger partial charge on any atom is 0.188 e. The van der Waals surface area contributed by atoms with Crippen molar-refractivity contribution in [1.82, 2.24) is 4.98 Å². The third-order valence-electron chi connectivity index (χ3n) is 2.52.